The normalized spacial score (nSPS) is 19.5. The van der Waals surface area contributed by atoms with Crippen LogP contribution in [0.2, 0.25) is 0 Å². The number of hydrogen-bond donors (Lipinski definition) is 3. The number of carbonyl (C=O) groups is 1. The van der Waals surface area contributed by atoms with Crippen molar-refractivity contribution in [2.75, 3.05) is 13.1 Å². The molecule has 1 aromatic heterocycles. The highest BCUT2D eigenvalue weighted by atomic mass is 35.5. The van der Waals surface area contributed by atoms with E-state index >= 15 is 0 Å². The number of allylic oxidation sites excluding steroid dienone is 1. The molecule has 0 aliphatic carbocycles. The minimum absolute atomic E-state index is 0. The molecule has 0 aromatic carbocycles. The standard InChI is InChI=1S/C14H20FN5O.2ClH/c1-10-8-14(2,19-20(10)7-5-16)13(21)18-9-12-11(15)4-3-6-17-12;;/h3-4,6,8,19H,5,7,9,16H2,1-2H3,(H,18,21);2*1H. The average molecular weight is 366 g/mol. The van der Waals surface area contributed by atoms with Gasteiger partial charge in [-0.3, -0.25) is 9.78 Å². The zero-order valence-corrected chi connectivity index (χ0v) is 14.6. The monoisotopic (exact) mass is 365 g/mol. The highest BCUT2D eigenvalue weighted by Gasteiger charge is 2.37. The number of halogens is 3. The number of nitrogens with two attached hydrogens (primary N) is 1. The first-order chi connectivity index (χ1) is 9.96. The molecule has 1 unspecified atom stereocenters. The smallest absolute Gasteiger partial charge is 0.246 e. The molecule has 23 heavy (non-hydrogen) atoms. The van der Waals surface area contributed by atoms with Crippen LogP contribution in [0.1, 0.15) is 19.5 Å². The second-order valence-electron chi connectivity index (χ2n) is 5.15. The van der Waals surface area contributed by atoms with Gasteiger partial charge in [-0.25, -0.2) is 9.82 Å². The lowest BCUT2D eigenvalue weighted by atomic mass is 10.0. The third-order valence-corrected chi connectivity index (χ3v) is 3.37. The summed E-state index contributed by atoms with van der Waals surface area (Å²) >= 11 is 0. The summed E-state index contributed by atoms with van der Waals surface area (Å²) in [6.07, 6.45) is 3.32. The number of amides is 1. The first kappa shape index (κ1) is 21.6. The van der Waals surface area contributed by atoms with Crippen LogP contribution in [0.15, 0.2) is 30.1 Å². The summed E-state index contributed by atoms with van der Waals surface area (Å²) in [6.45, 7) is 4.80. The maximum Gasteiger partial charge on any atom is 0.246 e. The van der Waals surface area contributed by atoms with Crippen molar-refractivity contribution in [3.8, 4) is 0 Å². The van der Waals surface area contributed by atoms with E-state index in [2.05, 4.69) is 15.7 Å². The van der Waals surface area contributed by atoms with Crippen LogP contribution in [0.3, 0.4) is 0 Å². The summed E-state index contributed by atoms with van der Waals surface area (Å²) in [6, 6.07) is 2.83. The van der Waals surface area contributed by atoms with Gasteiger partial charge in [-0.1, -0.05) is 0 Å². The third kappa shape index (κ3) is 5.04. The zero-order chi connectivity index (χ0) is 15.5. The van der Waals surface area contributed by atoms with E-state index in [1.54, 1.807) is 6.92 Å². The van der Waals surface area contributed by atoms with E-state index in [1.165, 1.54) is 18.3 Å². The van der Waals surface area contributed by atoms with Crippen molar-refractivity contribution in [1.29, 1.82) is 0 Å². The van der Waals surface area contributed by atoms with E-state index < -0.39 is 11.4 Å². The Hall–Kier alpha value is -1.41. The number of rotatable bonds is 5. The van der Waals surface area contributed by atoms with Gasteiger partial charge in [0.2, 0.25) is 5.91 Å². The molecular weight excluding hydrogens is 344 g/mol. The van der Waals surface area contributed by atoms with Crippen LogP contribution in [0.5, 0.6) is 0 Å². The van der Waals surface area contributed by atoms with Crippen LogP contribution < -0.4 is 16.5 Å². The summed E-state index contributed by atoms with van der Waals surface area (Å²) in [4.78, 5) is 16.2. The highest BCUT2D eigenvalue weighted by molar-refractivity contribution is 5.88. The van der Waals surface area contributed by atoms with Crippen LogP contribution >= 0.6 is 24.8 Å². The van der Waals surface area contributed by atoms with Crippen LogP contribution in [-0.2, 0) is 11.3 Å². The van der Waals surface area contributed by atoms with Gasteiger partial charge in [0.25, 0.3) is 0 Å². The minimum atomic E-state index is -0.871. The fourth-order valence-electron chi connectivity index (χ4n) is 2.27. The number of hydrazine groups is 1. The van der Waals surface area contributed by atoms with Crippen LogP contribution in [0, 0.1) is 5.82 Å². The molecule has 0 saturated heterocycles. The molecule has 2 rings (SSSR count). The van der Waals surface area contributed by atoms with Crippen LogP contribution in [0.4, 0.5) is 4.39 Å². The fraction of sp³-hybridized carbons (Fsp3) is 0.429. The van der Waals surface area contributed by atoms with Crippen molar-refractivity contribution in [2.45, 2.75) is 25.9 Å². The number of hydrogen-bond acceptors (Lipinski definition) is 5. The molecule has 0 saturated carbocycles. The van der Waals surface area contributed by atoms with E-state index in [1.807, 2.05) is 18.0 Å². The molecule has 6 nitrogen and oxygen atoms in total. The molecule has 0 fully saturated rings. The summed E-state index contributed by atoms with van der Waals surface area (Å²) in [5.41, 5.74) is 8.91. The zero-order valence-electron chi connectivity index (χ0n) is 13.0. The number of nitrogens with zero attached hydrogens (tertiary/aromatic N) is 2. The lowest BCUT2D eigenvalue weighted by Gasteiger charge is -2.27. The number of pyridine rings is 1. The Morgan fingerprint density at radius 1 is 1.52 bits per heavy atom. The van der Waals surface area contributed by atoms with Gasteiger partial charge in [-0.15, -0.1) is 24.8 Å². The maximum absolute atomic E-state index is 13.5. The van der Waals surface area contributed by atoms with Gasteiger partial charge >= 0.3 is 0 Å². The third-order valence-electron chi connectivity index (χ3n) is 3.37. The van der Waals surface area contributed by atoms with E-state index in [9.17, 15) is 9.18 Å². The Morgan fingerprint density at radius 2 is 2.22 bits per heavy atom. The van der Waals surface area contributed by atoms with Crippen molar-refractivity contribution < 1.29 is 9.18 Å². The molecule has 9 heteroatoms. The summed E-state index contributed by atoms with van der Waals surface area (Å²) in [5.74, 6) is -0.676. The van der Waals surface area contributed by atoms with E-state index in [0.717, 1.165) is 5.70 Å². The van der Waals surface area contributed by atoms with Crippen molar-refractivity contribution in [1.82, 2.24) is 20.7 Å². The van der Waals surface area contributed by atoms with Crippen molar-refractivity contribution in [2.24, 2.45) is 5.73 Å². The van der Waals surface area contributed by atoms with E-state index in [0.29, 0.717) is 13.1 Å². The Labute approximate surface area is 147 Å². The van der Waals surface area contributed by atoms with E-state index in [4.69, 9.17) is 5.73 Å². The lowest BCUT2D eigenvalue weighted by Crippen LogP contribution is -2.55. The van der Waals surface area contributed by atoms with Gasteiger partial charge in [-0.2, -0.15) is 0 Å². The molecule has 0 bridgehead atoms. The number of aromatic nitrogens is 1. The van der Waals surface area contributed by atoms with Gasteiger partial charge < -0.3 is 16.1 Å². The Morgan fingerprint density at radius 3 is 2.83 bits per heavy atom. The van der Waals surface area contributed by atoms with Gasteiger partial charge in [0.1, 0.15) is 11.4 Å². The van der Waals surface area contributed by atoms with E-state index in [-0.39, 0.29) is 43.0 Å². The number of nitrogens with one attached hydrogen (secondary N) is 2. The summed E-state index contributed by atoms with van der Waals surface area (Å²) in [7, 11) is 0. The largest absolute Gasteiger partial charge is 0.348 e. The maximum atomic E-state index is 13.5. The van der Waals surface area contributed by atoms with Gasteiger partial charge in [0, 0.05) is 25.0 Å². The first-order valence-electron chi connectivity index (χ1n) is 6.79. The highest BCUT2D eigenvalue weighted by Crippen LogP contribution is 2.20. The fourth-order valence-corrected chi connectivity index (χ4v) is 2.27. The molecule has 1 amide bonds. The molecule has 0 spiro atoms. The summed E-state index contributed by atoms with van der Waals surface area (Å²) < 4.78 is 13.5. The quantitative estimate of drug-likeness (QED) is 0.728. The van der Waals surface area contributed by atoms with Crippen molar-refractivity contribution >= 4 is 30.7 Å². The molecular formula is C14H22Cl2FN5O. The molecule has 0 radical (unpaired) electrons. The van der Waals surface area contributed by atoms with Crippen molar-refractivity contribution in [3.63, 3.8) is 0 Å². The second-order valence-corrected chi connectivity index (χ2v) is 5.15. The first-order valence-corrected chi connectivity index (χ1v) is 6.79. The Kier molecular flexibility index (Phi) is 8.47. The Balaban J connectivity index is 0.00000242. The predicted octanol–water partition coefficient (Wildman–Crippen LogP) is 1.12. The topological polar surface area (TPSA) is 83.3 Å². The average Bonchev–Trinajstić information content (AvgIpc) is 2.74. The van der Waals surface area contributed by atoms with Crippen LogP contribution in [0.25, 0.3) is 0 Å². The van der Waals surface area contributed by atoms with Crippen molar-refractivity contribution in [3.05, 3.63) is 41.6 Å². The van der Waals surface area contributed by atoms with Crippen LogP contribution in [-0.4, -0.2) is 34.5 Å². The molecule has 130 valence electrons. The second kappa shape index (κ2) is 9.02. The molecule has 4 N–H and O–H groups in total. The summed E-state index contributed by atoms with van der Waals surface area (Å²) in [5, 5.41) is 4.53. The molecule has 1 aliphatic heterocycles. The van der Waals surface area contributed by atoms with Gasteiger partial charge in [-0.05, 0) is 32.1 Å². The minimum Gasteiger partial charge on any atom is -0.348 e. The van der Waals surface area contributed by atoms with Gasteiger partial charge in [0.15, 0.2) is 0 Å². The molecule has 1 aliphatic rings. The molecule has 1 aromatic rings. The molecule has 2 heterocycles. The Bertz CT molecular complexity index is 572. The van der Waals surface area contributed by atoms with Gasteiger partial charge in [0.05, 0.1) is 12.2 Å². The molecule has 1 atom stereocenters. The number of carbonyl (C=O) groups excluding carboxylic acids is 1. The SMILES string of the molecule is CC1=CC(C)(C(=O)NCc2ncccc2F)NN1CCN.Cl.Cl. The predicted molar refractivity (Wildman–Crippen MR) is 91.6 cm³/mol. The lowest BCUT2D eigenvalue weighted by molar-refractivity contribution is -0.126.